The molecule has 0 atom stereocenters. The van der Waals surface area contributed by atoms with Gasteiger partial charge in [-0.15, -0.1) is 0 Å². The van der Waals surface area contributed by atoms with Crippen LogP contribution in [0.25, 0.3) is 38.6 Å². The maximum atomic E-state index is 5.04. The van der Waals surface area contributed by atoms with Crippen LogP contribution in [0.5, 0.6) is 0 Å². The molecule has 0 aliphatic carbocycles. The minimum atomic E-state index is 0.720. The van der Waals surface area contributed by atoms with E-state index in [1.54, 1.807) is 0 Å². The topological polar surface area (TPSA) is 40.5 Å². The van der Waals surface area contributed by atoms with Crippen molar-refractivity contribution in [2.45, 2.75) is 6.42 Å². The lowest BCUT2D eigenvalue weighted by atomic mass is 10.0. The Morgan fingerprint density at radius 2 is 1.11 bits per heavy atom. The molecule has 0 radical (unpaired) electrons. The van der Waals surface area contributed by atoms with Crippen molar-refractivity contribution in [1.29, 1.82) is 0 Å². The molecule has 38 heavy (non-hydrogen) atoms. The molecule has 1 N–H and O–H groups in total. The van der Waals surface area contributed by atoms with Crippen LogP contribution >= 0.6 is 0 Å². The van der Waals surface area contributed by atoms with Crippen LogP contribution in [-0.2, 0) is 0 Å². The first kappa shape index (κ1) is 22.2. The normalized spacial score (nSPS) is 13.6. The van der Waals surface area contributed by atoms with Crippen molar-refractivity contribution in [3.05, 3.63) is 150 Å². The molecule has 6 aromatic rings. The summed E-state index contributed by atoms with van der Waals surface area (Å²) < 4.78 is 0. The zero-order valence-corrected chi connectivity index (χ0v) is 20.8. The number of hydrogen-bond acceptors (Lipinski definition) is 2. The van der Waals surface area contributed by atoms with E-state index in [1.807, 2.05) is 24.3 Å². The second-order valence-corrected chi connectivity index (χ2v) is 9.53. The summed E-state index contributed by atoms with van der Waals surface area (Å²) in [4.78, 5) is 13.6. The summed E-state index contributed by atoms with van der Waals surface area (Å²) in [5, 5.41) is 2.51. The second kappa shape index (κ2) is 9.45. The van der Waals surface area contributed by atoms with Crippen molar-refractivity contribution in [2.24, 2.45) is 9.98 Å². The van der Waals surface area contributed by atoms with Crippen molar-refractivity contribution in [2.75, 3.05) is 0 Å². The largest absolute Gasteiger partial charge is 0.354 e. The number of allylic oxidation sites excluding steroid dienone is 1. The maximum absolute atomic E-state index is 5.04. The van der Waals surface area contributed by atoms with E-state index in [1.165, 1.54) is 27.4 Å². The number of H-pyrrole nitrogens is 1. The van der Waals surface area contributed by atoms with E-state index in [2.05, 4.69) is 114 Å². The van der Waals surface area contributed by atoms with Crippen LogP contribution in [0, 0.1) is 0 Å². The number of aliphatic imine (C=N–C) groups is 2. The SMILES string of the molecule is C1=C(c2ccc(-c3ccc4c(c3)[nH]c3ccccc34)cc2)N=C(c2ccccc2)N=C(c2ccccc2)C1. The Morgan fingerprint density at radius 3 is 1.89 bits per heavy atom. The molecule has 2 heterocycles. The number of aromatic nitrogens is 1. The number of amidine groups is 1. The Balaban J connectivity index is 1.24. The van der Waals surface area contributed by atoms with E-state index >= 15 is 0 Å². The summed E-state index contributed by atoms with van der Waals surface area (Å²) in [6.07, 6.45) is 2.91. The van der Waals surface area contributed by atoms with Crippen molar-refractivity contribution in [3.63, 3.8) is 0 Å². The summed E-state index contributed by atoms with van der Waals surface area (Å²) in [6, 6.07) is 44.4. The zero-order valence-electron chi connectivity index (χ0n) is 20.8. The molecule has 0 saturated carbocycles. The highest BCUT2D eigenvalue weighted by molar-refractivity contribution is 6.15. The molecule has 1 aliphatic heterocycles. The first-order chi connectivity index (χ1) is 18.8. The fraction of sp³-hybridized carbons (Fsp3) is 0.0286. The molecule has 180 valence electrons. The monoisotopic (exact) mass is 487 g/mol. The van der Waals surface area contributed by atoms with Crippen LogP contribution in [0.15, 0.2) is 143 Å². The Labute approximate surface area is 221 Å². The molecule has 7 rings (SSSR count). The van der Waals surface area contributed by atoms with Crippen molar-refractivity contribution in [1.82, 2.24) is 4.98 Å². The summed E-state index contributed by atoms with van der Waals surface area (Å²) in [5.74, 6) is 0.738. The molecule has 3 heteroatoms. The summed E-state index contributed by atoms with van der Waals surface area (Å²) in [7, 11) is 0. The van der Waals surface area contributed by atoms with E-state index in [0.717, 1.165) is 45.9 Å². The number of para-hydroxylation sites is 1. The number of rotatable bonds is 4. The third-order valence-electron chi connectivity index (χ3n) is 7.12. The van der Waals surface area contributed by atoms with Crippen LogP contribution in [0.4, 0.5) is 0 Å². The van der Waals surface area contributed by atoms with Gasteiger partial charge in [-0.2, -0.15) is 0 Å². The highest BCUT2D eigenvalue weighted by Crippen LogP contribution is 2.31. The van der Waals surface area contributed by atoms with Gasteiger partial charge in [-0.1, -0.05) is 121 Å². The zero-order chi connectivity index (χ0) is 25.3. The highest BCUT2D eigenvalue weighted by Gasteiger charge is 2.14. The molecule has 1 aromatic heterocycles. The smallest absolute Gasteiger partial charge is 0.160 e. The molecule has 0 unspecified atom stereocenters. The van der Waals surface area contributed by atoms with Gasteiger partial charge in [0.05, 0.1) is 11.4 Å². The lowest BCUT2D eigenvalue weighted by Crippen LogP contribution is -2.04. The summed E-state index contributed by atoms with van der Waals surface area (Å²) in [6.45, 7) is 0. The van der Waals surface area contributed by atoms with Crippen molar-refractivity contribution >= 4 is 39.1 Å². The van der Waals surface area contributed by atoms with Gasteiger partial charge in [0.15, 0.2) is 5.84 Å². The predicted molar refractivity (Wildman–Crippen MR) is 160 cm³/mol. The van der Waals surface area contributed by atoms with Crippen LogP contribution in [0.2, 0.25) is 0 Å². The Bertz CT molecular complexity index is 1860. The van der Waals surface area contributed by atoms with Gasteiger partial charge < -0.3 is 4.98 Å². The minimum absolute atomic E-state index is 0.720. The highest BCUT2D eigenvalue weighted by atomic mass is 14.9. The molecule has 0 amide bonds. The Kier molecular flexibility index (Phi) is 5.52. The number of nitrogens with zero attached hydrogens (tertiary/aromatic N) is 2. The third-order valence-corrected chi connectivity index (χ3v) is 7.12. The maximum Gasteiger partial charge on any atom is 0.160 e. The van der Waals surface area contributed by atoms with Crippen LogP contribution in [0.3, 0.4) is 0 Å². The van der Waals surface area contributed by atoms with Crippen LogP contribution < -0.4 is 0 Å². The van der Waals surface area contributed by atoms with Gasteiger partial charge in [-0.3, -0.25) is 0 Å². The minimum Gasteiger partial charge on any atom is -0.354 e. The number of aromatic amines is 1. The van der Waals surface area contributed by atoms with E-state index in [4.69, 9.17) is 9.98 Å². The number of nitrogens with one attached hydrogen (secondary N) is 1. The Morgan fingerprint density at radius 1 is 0.474 bits per heavy atom. The predicted octanol–water partition coefficient (Wildman–Crippen LogP) is 8.67. The van der Waals surface area contributed by atoms with Gasteiger partial charge in [0.2, 0.25) is 0 Å². The van der Waals surface area contributed by atoms with Gasteiger partial charge in [0.25, 0.3) is 0 Å². The van der Waals surface area contributed by atoms with Crippen molar-refractivity contribution in [3.8, 4) is 11.1 Å². The van der Waals surface area contributed by atoms with Crippen LogP contribution in [0.1, 0.15) is 23.1 Å². The van der Waals surface area contributed by atoms with Gasteiger partial charge >= 0.3 is 0 Å². The quantitative estimate of drug-likeness (QED) is 0.258. The van der Waals surface area contributed by atoms with Gasteiger partial charge in [0.1, 0.15) is 0 Å². The third kappa shape index (κ3) is 4.14. The lowest BCUT2D eigenvalue weighted by molar-refractivity contribution is 1.42. The number of fused-ring (bicyclic) bond motifs is 3. The molecular formula is C35H25N3. The molecule has 0 spiro atoms. The first-order valence-electron chi connectivity index (χ1n) is 12.9. The van der Waals surface area contributed by atoms with Crippen molar-refractivity contribution < 1.29 is 0 Å². The van der Waals surface area contributed by atoms with Crippen LogP contribution in [-0.4, -0.2) is 16.5 Å². The molecule has 1 aliphatic rings. The summed E-state index contributed by atoms with van der Waals surface area (Å²) >= 11 is 0. The van der Waals surface area contributed by atoms with Gasteiger partial charge in [0, 0.05) is 33.8 Å². The summed E-state index contributed by atoms with van der Waals surface area (Å²) in [5.41, 5.74) is 9.86. The van der Waals surface area contributed by atoms with E-state index in [0.29, 0.717) is 0 Å². The Hall–Kier alpha value is -5.02. The van der Waals surface area contributed by atoms with E-state index < -0.39 is 0 Å². The molecule has 3 nitrogen and oxygen atoms in total. The average molecular weight is 488 g/mol. The molecule has 0 bridgehead atoms. The number of hydrogen-bond donors (Lipinski definition) is 1. The second-order valence-electron chi connectivity index (χ2n) is 9.53. The molecule has 0 saturated heterocycles. The fourth-order valence-electron chi connectivity index (χ4n) is 5.13. The van der Waals surface area contributed by atoms with E-state index in [-0.39, 0.29) is 0 Å². The lowest BCUT2D eigenvalue weighted by Gasteiger charge is -2.07. The van der Waals surface area contributed by atoms with Gasteiger partial charge in [-0.25, -0.2) is 9.98 Å². The standard InChI is InChI=1S/C35H25N3/c1-3-9-25(10-4-1)31-21-22-32(38-35(37-31)27-11-5-2-6-12-27)26-17-15-24(16-18-26)28-19-20-30-29-13-7-8-14-33(29)36-34(30)23-28/h1-20,22-23,36H,21H2. The van der Waals surface area contributed by atoms with Gasteiger partial charge in [-0.05, 0) is 34.4 Å². The molecule has 0 fully saturated rings. The molecule has 5 aromatic carbocycles. The number of benzene rings is 5. The fourth-order valence-corrected chi connectivity index (χ4v) is 5.13. The van der Waals surface area contributed by atoms with E-state index in [9.17, 15) is 0 Å². The average Bonchev–Trinajstić information content (AvgIpc) is 3.21. The first-order valence-corrected chi connectivity index (χ1v) is 12.9. The molecular weight excluding hydrogens is 462 g/mol.